The number of nitro benzene ring substituents is 1. The van der Waals surface area contributed by atoms with Gasteiger partial charge in [0.2, 0.25) is 0 Å². The fourth-order valence-corrected chi connectivity index (χ4v) is 2.96. The molecule has 0 atom stereocenters. The smallest absolute Gasteiger partial charge is 0.309 e. The van der Waals surface area contributed by atoms with Crippen molar-refractivity contribution in [3.8, 4) is 11.8 Å². The quantitative estimate of drug-likeness (QED) is 0.241. The highest BCUT2D eigenvalue weighted by Gasteiger charge is 2.29. The third-order valence-corrected chi connectivity index (χ3v) is 4.52. The van der Waals surface area contributed by atoms with Gasteiger partial charge in [0.15, 0.2) is 0 Å². The van der Waals surface area contributed by atoms with Gasteiger partial charge in [0, 0.05) is 31.4 Å². The zero-order valence-electron chi connectivity index (χ0n) is 16.2. The highest BCUT2D eigenvalue weighted by Crippen LogP contribution is 2.29. The Bertz CT molecular complexity index is 853. The third kappa shape index (κ3) is 5.44. The number of amides is 1. The fraction of sp³-hybridized carbons (Fsp3) is 0.421. The number of non-ortho nitro benzene ring substituents is 1. The lowest BCUT2D eigenvalue weighted by Crippen LogP contribution is -2.41. The van der Waals surface area contributed by atoms with E-state index in [0.717, 1.165) is 0 Å². The molecule has 0 aromatic heterocycles. The van der Waals surface area contributed by atoms with E-state index < -0.39 is 10.8 Å². The van der Waals surface area contributed by atoms with Crippen molar-refractivity contribution in [3.63, 3.8) is 0 Å². The number of carbonyl (C=O) groups excluding carboxylic acids is 2. The molecule has 0 unspecified atom stereocenters. The van der Waals surface area contributed by atoms with Gasteiger partial charge in [0.1, 0.15) is 17.4 Å². The Morgan fingerprint density at radius 1 is 1.41 bits per heavy atom. The summed E-state index contributed by atoms with van der Waals surface area (Å²) < 4.78 is 10.1. The number of hydrogen-bond donors (Lipinski definition) is 1. The Hall–Kier alpha value is -3.61. The van der Waals surface area contributed by atoms with Gasteiger partial charge in [-0.05, 0) is 25.8 Å². The fourth-order valence-electron chi connectivity index (χ4n) is 2.96. The van der Waals surface area contributed by atoms with Gasteiger partial charge in [-0.1, -0.05) is 0 Å². The Morgan fingerprint density at radius 2 is 2.10 bits per heavy atom. The largest absolute Gasteiger partial charge is 0.495 e. The molecular formula is C19H22N4O6. The van der Waals surface area contributed by atoms with E-state index >= 15 is 0 Å². The van der Waals surface area contributed by atoms with Gasteiger partial charge < -0.3 is 19.7 Å². The molecule has 10 nitrogen and oxygen atoms in total. The molecule has 1 aromatic rings. The van der Waals surface area contributed by atoms with Crippen LogP contribution < -0.4 is 10.1 Å². The molecule has 1 N–H and O–H groups in total. The first-order valence-corrected chi connectivity index (χ1v) is 9.06. The van der Waals surface area contributed by atoms with Crippen LogP contribution >= 0.6 is 0 Å². The van der Waals surface area contributed by atoms with Gasteiger partial charge in [-0.15, -0.1) is 0 Å². The predicted molar refractivity (Wildman–Crippen MR) is 103 cm³/mol. The molecule has 1 aliphatic rings. The van der Waals surface area contributed by atoms with Gasteiger partial charge >= 0.3 is 5.97 Å². The Morgan fingerprint density at radius 3 is 2.66 bits per heavy atom. The molecule has 1 amide bonds. The van der Waals surface area contributed by atoms with Crippen molar-refractivity contribution in [1.29, 1.82) is 5.26 Å². The topological polar surface area (TPSA) is 135 Å². The van der Waals surface area contributed by atoms with E-state index in [2.05, 4.69) is 5.32 Å². The first-order valence-electron chi connectivity index (χ1n) is 9.06. The summed E-state index contributed by atoms with van der Waals surface area (Å²) in [6.45, 7) is 2.72. The summed E-state index contributed by atoms with van der Waals surface area (Å²) in [5.41, 5.74) is -0.0658. The monoisotopic (exact) mass is 402 g/mol. The Balaban J connectivity index is 2.08. The molecule has 154 valence electrons. The van der Waals surface area contributed by atoms with Crippen molar-refractivity contribution in [2.45, 2.75) is 19.8 Å². The number of piperidine rings is 1. The highest BCUT2D eigenvalue weighted by molar-refractivity contribution is 5.97. The zero-order chi connectivity index (χ0) is 21.4. The first kappa shape index (κ1) is 21.7. The second kappa shape index (κ2) is 10.1. The summed E-state index contributed by atoms with van der Waals surface area (Å²) in [6, 6.07) is 5.80. The molecule has 0 bridgehead atoms. The summed E-state index contributed by atoms with van der Waals surface area (Å²) in [7, 11) is 1.40. The Labute approximate surface area is 167 Å². The number of nitrogens with one attached hydrogen (secondary N) is 1. The van der Waals surface area contributed by atoms with E-state index in [0.29, 0.717) is 38.3 Å². The number of rotatable bonds is 7. The lowest BCUT2D eigenvalue weighted by molar-refractivity contribution is -0.384. The van der Waals surface area contributed by atoms with Crippen molar-refractivity contribution in [1.82, 2.24) is 4.90 Å². The molecule has 0 spiro atoms. The van der Waals surface area contributed by atoms with Crippen LogP contribution in [0.15, 0.2) is 30.0 Å². The van der Waals surface area contributed by atoms with E-state index in [-0.39, 0.29) is 28.8 Å². The summed E-state index contributed by atoms with van der Waals surface area (Å²) in [5, 5.41) is 23.1. The number of anilines is 1. The maximum atomic E-state index is 12.6. The molecule has 0 saturated carbocycles. The lowest BCUT2D eigenvalue weighted by atomic mass is 9.96. The number of benzene rings is 1. The molecule has 1 aliphatic heterocycles. The highest BCUT2D eigenvalue weighted by atomic mass is 16.6. The standard InChI is InChI=1S/C19H22N4O6/c1-3-29-19(25)13-6-8-22(9-7-13)18(24)14(11-20)12-21-16-10-15(23(26)27)4-5-17(16)28-2/h4-5,10,12-13,21H,3,6-9H2,1-2H3/b14-12-. The SMILES string of the molecule is CCOC(=O)C1CCN(C(=O)/C(C#N)=C\Nc2cc([N+](=O)[O-])ccc2OC)CC1. The Kier molecular flexibility index (Phi) is 7.54. The van der Waals surface area contributed by atoms with Crippen LogP contribution in [-0.2, 0) is 14.3 Å². The number of nitrogens with zero attached hydrogens (tertiary/aromatic N) is 3. The van der Waals surface area contributed by atoms with Crippen LogP contribution in [0.3, 0.4) is 0 Å². The van der Waals surface area contributed by atoms with Crippen LogP contribution in [0, 0.1) is 27.4 Å². The van der Waals surface area contributed by atoms with Gasteiger partial charge in [-0.2, -0.15) is 5.26 Å². The average Bonchev–Trinajstić information content (AvgIpc) is 2.74. The lowest BCUT2D eigenvalue weighted by Gasteiger charge is -2.30. The van der Waals surface area contributed by atoms with Gasteiger partial charge in [0.05, 0.1) is 30.2 Å². The van der Waals surface area contributed by atoms with Crippen LogP contribution in [0.5, 0.6) is 5.75 Å². The number of hydrogen-bond acceptors (Lipinski definition) is 8. The summed E-state index contributed by atoms with van der Waals surface area (Å²) in [5.74, 6) is -0.672. The van der Waals surface area contributed by atoms with Crippen molar-refractivity contribution in [3.05, 3.63) is 40.1 Å². The van der Waals surface area contributed by atoms with Crippen molar-refractivity contribution >= 4 is 23.3 Å². The van der Waals surface area contributed by atoms with Crippen molar-refractivity contribution in [2.24, 2.45) is 5.92 Å². The normalized spacial score (nSPS) is 14.7. The van der Waals surface area contributed by atoms with Crippen molar-refractivity contribution < 1.29 is 24.0 Å². The van der Waals surface area contributed by atoms with Crippen LogP contribution in [0.2, 0.25) is 0 Å². The second-order valence-electron chi connectivity index (χ2n) is 6.27. The number of ether oxygens (including phenoxy) is 2. The van der Waals surface area contributed by atoms with E-state index in [9.17, 15) is 25.0 Å². The number of carbonyl (C=O) groups is 2. The van der Waals surface area contributed by atoms with E-state index in [1.807, 2.05) is 6.07 Å². The number of nitriles is 1. The van der Waals surface area contributed by atoms with E-state index in [4.69, 9.17) is 9.47 Å². The van der Waals surface area contributed by atoms with Crippen LogP contribution in [-0.4, -0.2) is 48.5 Å². The summed E-state index contributed by atoms with van der Waals surface area (Å²) in [4.78, 5) is 36.3. The molecule has 1 heterocycles. The van der Waals surface area contributed by atoms with Crippen molar-refractivity contribution in [2.75, 3.05) is 32.1 Å². The number of likely N-dealkylation sites (tertiary alicyclic amines) is 1. The predicted octanol–water partition coefficient (Wildman–Crippen LogP) is 2.22. The molecule has 0 radical (unpaired) electrons. The van der Waals surface area contributed by atoms with E-state index in [1.54, 1.807) is 6.92 Å². The third-order valence-electron chi connectivity index (χ3n) is 4.52. The number of esters is 1. The molecule has 1 aromatic carbocycles. The molecule has 1 fully saturated rings. The first-order chi connectivity index (χ1) is 13.9. The maximum absolute atomic E-state index is 12.6. The number of nitro groups is 1. The minimum atomic E-state index is -0.557. The van der Waals surface area contributed by atoms with Gasteiger partial charge in [0.25, 0.3) is 11.6 Å². The van der Waals surface area contributed by atoms with E-state index in [1.165, 1.54) is 36.4 Å². The van der Waals surface area contributed by atoms with Crippen LogP contribution in [0.4, 0.5) is 11.4 Å². The van der Waals surface area contributed by atoms with Crippen LogP contribution in [0.1, 0.15) is 19.8 Å². The molecular weight excluding hydrogens is 380 g/mol. The minimum absolute atomic E-state index is 0.159. The van der Waals surface area contributed by atoms with Crippen LogP contribution in [0.25, 0.3) is 0 Å². The minimum Gasteiger partial charge on any atom is -0.495 e. The van der Waals surface area contributed by atoms with Gasteiger partial charge in [-0.25, -0.2) is 0 Å². The zero-order valence-corrected chi connectivity index (χ0v) is 16.2. The molecule has 2 rings (SSSR count). The molecule has 1 saturated heterocycles. The summed E-state index contributed by atoms with van der Waals surface area (Å²) in [6.07, 6.45) is 2.13. The molecule has 0 aliphatic carbocycles. The number of methoxy groups -OCH3 is 1. The summed E-state index contributed by atoms with van der Waals surface area (Å²) >= 11 is 0. The van der Waals surface area contributed by atoms with Gasteiger partial charge in [-0.3, -0.25) is 19.7 Å². The second-order valence-corrected chi connectivity index (χ2v) is 6.27. The maximum Gasteiger partial charge on any atom is 0.309 e. The average molecular weight is 402 g/mol. The molecule has 10 heteroatoms. The molecule has 29 heavy (non-hydrogen) atoms.